The maximum absolute atomic E-state index is 10.3. The van der Waals surface area contributed by atoms with Crippen molar-refractivity contribution in [1.82, 2.24) is 5.32 Å². The Labute approximate surface area is 55.1 Å². The summed E-state index contributed by atoms with van der Waals surface area (Å²) in [4.78, 5) is 10.3. The molecule has 0 aliphatic carbocycles. The van der Waals surface area contributed by atoms with Gasteiger partial charge in [-0.1, -0.05) is 6.92 Å². The molecular weight excluding hydrogens is 118 g/mol. The standard InChI is InChI=1S/C6H13NO2/c1-3-6(4-8)7-5(2)9/h6,8H,3-4H2,1-2H3,(H,7,9)/t6-/m0/s1. The van der Waals surface area contributed by atoms with E-state index in [-0.39, 0.29) is 18.6 Å². The number of hydrogen-bond acceptors (Lipinski definition) is 2. The van der Waals surface area contributed by atoms with Crippen LogP contribution in [-0.2, 0) is 4.79 Å². The van der Waals surface area contributed by atoms with Gasteiger partial charge in [0.05, 0.1) is 12.6 Å². The molecule has 0 fully saturated rings. The van der Waals surface area contributed by atoms with Crippen molar-refractivity contribution in [3.05, 3.63) is 0 Å². The highest BCUT2D eigenvalue weighted by Gasteiger charge is 2.03. The first-order valence-corrected chi connectivity index (χ1v) is 3.08. The predicted molar refractivity (Wildman–Crippen MR) is 35.0 cm³/mol. The minimum atomic E-state index is -0.0871. The third kappa shape index (κ3) is 3.97. The van der Waals surface area contributed by atoms with Crippen LogP contribution in [0.2, 0.25) is 0 Å². The number of aliphatic hydroxyl groups is 1. The highest BCUT2D eigenvalue weighted by molar-refractivity contribution is 5.73. The Morgan fingerprint density at radius 1 is 1.78 bits per heavy atom. The smallest absolute Gasteiger partial charge is 0.217 e. The van der Waals surface area contributed by atoms with Crippen LogP contribution in [0.25, 0.3) is 0 Å². The molecule has 0 radical (unpaired) electrons. The summed E-state index contributed by atoms with van der Waals surface area (Å²) in [5, 5.41) is 11.2. The fraction of sp³-hybridized carbons (Fsp3) is 0.833. The Kier molecular flexibility index (Phi) is 4.05. The van der Waals surface area contributed by atoms with Crippen molar-refractivity contribution in [1.29, 1.82) is 0 Å². The molecule has 0 saturated heterocycles. The third-order valence-electron chi connectivity index (χ3n) is 1.12. The fourth-order valence-corrected chi connectivity index (χ4v) is 0.564. The van der Waals surface area contributed by atoms with E-state index in [0.29, 0.717) is 0 Å². The average molecular weight is 131 g/mol. The third-order valence-corrected chi connectivity index (χ3v) is 1.12. The lowest BCUT2D eigenvalue weighted by Crippen LogP contribution is -2.35. The molecule has 54 valence electrons. The maximum Gasteiger partial charge on any atom is 0.217 e. The SMILES string of the molecule is CC[C@@H](CO)NC(C)=O. The second kappa shape index (κ2) is 4.32. The minimum Gasteiger partial charge on any atom is -0.394 e. The number of carbonyl (C=O) groups excluding carboxylic acids is 1. The summed E-state index contributed by atoms with van der Waals surface area (Å²) < 4.78 is 0. The second-order valence-corrected chi connectivity index (χ2v) is 1.99. The fourth-order valence-electron chi connectivity index (χ4n) is 0.564. The van der Waals surface area contributed by atoms with Crippen LogP contribution in [0.1, 0.15) is 20.3 Å². The van der Waals surface area contributed by atoms with E-state index in [0.717, 1.165) is 6.42 Å². The highest BCUT2D eigenvalue weighted by Crippen LogP contribution is 1.86. The number of hydrogen-bond donors (Lipinski definition) is 2. The van der Waals surface area contributed by atoms with Crippen molar-refractivity contribution >= 4 is 5.91 Å². The van der Waals surface area contributed by atoms with E-state index < -0.39 is 0 Å². The van der Waals surface area contributed by atoms with Crippen molar-refractivity contribution in [3.8, 4) is 0 Å². The van der Waals surface area contributed by atoms with Crippen molar-refractivity contribution in [2.75, 3.05) is 6.61 Å². The molecule has 0 unspecified atom stereocenters. The largest absolute Gasteiger partial charge is 0.394 e. The summed E-state index contributed by atoms with van der Waals surface area (Å²) in [6.07, 6.45) is 0.774. The molecule has 1 atom stereocenters. The Morgan fingerprint density at radius 3 is 2.44 bits per heavy atom. The van der Waals surface area contributed by atoms with Crippen LogP contribution in [0.15, 0.2) is 0 Å². The van der Waals surface area contributed by atoms with E-state index in [1.807, 2.05) is 6.92 Å². The molecular formula is C6H13NO2. The van der Waals surface area contributed by atoms with Gasteiger partial charge < -0.3 is 10.4 Å². The number of carbonyl (C=O) groups is 1. The highest BCUT2D eigenvalue weighted by atomic mass is 16.3. The Bertz CT molecular complexity index is 89.1. The summed E-state index contributed by atoms with van der Waals surface area (Å²) in [6, 6.07) is -0.0671. The van der Waals surface area contributed by atoms with Gasteiger partial charge in [-0.05, 0) is 6.42 Å². The first-order valence-electron chi connectivity index (χ1n) is 3.08. The van der Waals surface area contributed by atoms with Gasteiger partial charge in [0, 0.05) is 6.92 Å². The van der Waals surface area contributed by atoms with Gasteiger partial charge in [0.15, 0.2) is 0 Å². The van der Waals surface area contributed by atoms with Gasteiger partial charge in [0.1, 0.15) is 0 Å². The molecule has 2 N–H and O–H groups in total. The monoisotopic (exact) mass is 131 g/mol. The number of amides is 1. The normalized spacial score (nSPS) is 12.8. The van der Waals surface area contributed by atoms with Crippen LogP contribution in [-0.4, -0.2) is 23.7 Å². The molecule has 0 spiro atoms. The van der Waals surface area contributed by atoms with Crippen molar-refractivity contribution in [2.45, 2.75) is 26.3 Å². The van der Waals surface area contributed by atoms with E-state index in [1.54, 1.807) is 0 Å². The van der Waals surface area contributed by atoms with E-state index in [9.17, 15) is 4.79 Å². The average Bonchev–Trinajstić information content (AvgIpc) is 1.82. The van der Waals surface area contributed by atoms with Crippen molar-refractivity contribution in [2.24, 2.45) is 0 Å². The van der Waals surface area contributed by atoms with E-state index >= 15 is 0 Å². The molecule has 9 heavy (non-hydrogen) atoms. The lowest BCUT2D eigenvalue weighted by atomic mass is 10.2. The Balaban J connectivity index is 3.43. The minimum absolute atomic E-state index is 0.0239. The molecule has 0 aromatic heterocycles. The molecule has 0 saturated carbocycles. The van der Waals surface area contributed by atoms with Crippen molar-refractivity contribution in [3.63, 3.8) is 0 Å². The zero-order valence-electron chi connectivity index (χ0n) is 5.85. The molecule has 3 nitrogen and oxygen atoms in total. The first-order chi connectivity index (χ1) is 4.20. The molecule has 0 bridgehead atoms. The molecule has 1 amide bonds. The molecule has 0 aliphatic heterocycles. The van der Waals surface area contributed by atoms with Crippen LogP contribution in [0.5, 0.6) is 0 Å². The van der Waals surface area contributed by atoms with Crippen LogP contribution in [0, 0.1) is 0 Å². The Morgan fingerprint density at radius 2 is 2.33 bits per heavy atom. The first kappa shape index (κ1) is 8.43. The lowest BCUT2D eigenvalue weighted by molar-refractivity contribution is -0.120. The van der Waals surface area contributed by atoms with Gasteiger partial charge in [-0.3, -0.25) is 4.79 Å². The van der Waals surface area contributed by atoms with E-state index in [2.05, 4.69) is 5.32 Å². The van der Waals surface area contributed by atoms with Gasteiger partial charge in [-0.15, -0.1) is 0 Å². The summed E-state index contributed by atoms with van der Waals surface area (Å²) in [7, 11) is 0. The lowest BCUT2D eigenvalue weighted by Gasteiger charge is -2.10. The number of rotatable bonds is 3. The maximum atomic E-state index is 10.3. The van der Waals surface area contributed by atoms with Crippen LogP contribution in [0.3, 0.4) is 0 Å². The molecule has 0 aliphatic rings. The van der Waals surface area contributed by atoms with Crippen LogP contribution >= 0.6 is 0 Å². The van der Waals surface area contributed by atoms with Gasteiger partial charge >= 0.3 is 0 Å². The van der Waals surface area contributed by atoms with E-state index in [1.165, 1.54) is 6.92 Å². The summed E-state index contributed by atoms with van der Waals surface area (Å²) in [6.45, 7) is 3.38. The quantitative estimate of drug-likeness (QED) is 0.561. The second-order valence-electron chi connectivity index (χ2n) is 1.99. The zero-order valence-corrected chi connectivity index (χ0v) is 5.85. The summed E-state index contributed by atoms with van der Waals surface area (Å²) in [5.74, 6) is -0.0871. The number of nitrogens with one attached hydrogen (secondary N) is 1. The molecule has 0 rings (SSSR count). The molecule has 0 heterocycles. The Hall–Kier alpha value is -0.570. The molecule has 0 aromatic rings. The van der Waals surface area contributed by atoms with Gasteiger partial charge in [-0.25, -0.2) is 0 Å². The zero-order chi connectivity index (χ0) is 7.28. The molecule has 0 aromatic carbocycles. The van der Waals surface area contributed by atoms with Gasteiger partial charge in [-0.2, -0.15) is 0 Å². The van der Waals surface area contributed by atoms with Crippen LogP contribution in [0.4, 0.5) is 0 Å². The topological polar surface area (TPSA) is 49.3 Å². The van der Waals surface area contributed by atoms with Crippen LogP contribution < -0.4 is 5.32 Å². The van der Waals surface area contributed by atoms with E-state index in [4.69, 9.17) is 5.11 Å². The van der Waals surface area contributed by atoms with Gasteiger partial charge in [0.25, 0.3) is 0 Å². The number of aliphatic hydroxyl groups excluding tert-OH is 1. The summed E-state index contributed by atoms with van der Waals surface area (Å²) in [5.41, 5.74) is 0. The van der Waals surface area contributed by atoms with Gasteiger partial charge in [0.2, 0.25) is 5.91 Å². The van der Waals surface area contributed by atoms with Crippen molar-refractivity contribution < 1.29 is 9.90 Å². The predicted octanol–water partition coefficient (Wildman–Crippen LogP) is -0.107. The summed E-state index contributed by atoms with van der Waals surface area (Å²) >= 11 is 0. The molecule has 3 heteroatoms.